The summed E-state index contributed by atoms with van der Waals surface area (Å²) in [5.41, 5.74) is 12.0. The van der Waals surface area contributed by atoms with Gasteiger partial charge in [0, 0.05) is 39.7 Å². The van der Waals surface area contributed by atoms with Gasteiger partial charge >= 0.3 is 0 Å². The number of hydrogen-bond donors (Lipinski definition) is 2. The first-order chi connectivity index (χ1) is 17.1. The summed E-state index contributed by atoms with van der Waals surface area (Å²) in [5, 5.41) is 3.71. The van der Waals surface area contributed by atoms with Crippen molar-refractivity contribution >= 4 is 48.4 Å². The zero-order valence-electron chi connectivity index (χ0n) is 21.5. The molecule has 1 aliphatic carbocycles. The molecule has 0 saturated heterocycles. The van der Waals surface area contributed by atoms with E-state index in [2.05, 4.69) is 27.9 Å². The molecule has 4 rings (SSSR count). The summed E-state index contributed by atoms with van der Waals surface area (Å²) in [5.74, 6) is 0.818. The molecule has 8 heteroatoms. The maximum absolute atomic E-state index is 13.6. The molecule has 3 N–H and O–H groups in total. The number of nitrogen functional groups attached to an aromatic ring is 1. The summed E-state index contributed by atoms with van der Waals surface area (Å²) in [4.78, 5) is 21.8. The van der Waals surface area contributed by atoms with Crippen molar-refractivity contribution in [3.8, 4) is 11.3 Å². The summed E-state index contributed by atoms with van der Waals surface area (Å²) in [6.45, 7) is 11.4. The van der Waals surface area contributed by atoms with E-state index in [1.807, 2.05) is 68.8 Å². The van der Waals surface area contributed by atoms with Crippen molar-refractivity contribution in [3.05, 3.63) is 66.5 Å². The zero-order chi connectivity index (χ0) is 26.2. The molecular formula is C28H33N5O2S. The molecule has 0 radical (unpaired) electrons. The van der Waals surface area contributed by atoms with Gasteiger partial charge < -0.3 is 15.6 Å². The number of aryl methyl sites for hydroxylation is 1. The number of amides is 1. The first-order valence-corrected chi connectivity index (χ1v) is 13.8. The molecule has 1 aromatic carbocycles. The first-order valence-electron chi connectivity index (χ1n) is 12.0. The highest BCUT2D eigenvalue weighted by atomic mass is 32.2. The second kappa shape index (κ2) is 9.78. The summed E-state index contributed by atoms with van der Waals surface area (Å²) < 4.78 is 15.6. The van der Waals surface area contributed by atoms with Crippen LogP contribution < -0.4 is 11.1 Å². The van der Waals surface area contributed by atoms with Gasteiger partial charge in [-0.2, -0.15) is 0 Å². The van der Waals surface area contributed by atoms with E-state index < -0.39 is 9.52 Å². The highest BCUT2D eigenvalue weighted by Crippen LogP contribution is 2.40. The molecule has 2 heterocycles. The third kappa shape index (κ3) is 4.37. The lowest BCUT2D eigenvalue weighted by Crippen LogP contribution is -2.24. The van der Waals surface area contributed by atoms with E-state index in [9.17, 15) is 9.00 Å². The lowest BCUT2D eigenvalue weighted by atomic mass is 9.94. The van der Waals surface area contributed by atoms with Crippen LogP contribution in [0.5, 0.6) is 0 Å². The highest BCUT2D eigenvalue weighted by Gasteiger charge is 2.24. The number of allylic oxidation sites excluding steroid dienone is 4. The van der Waals surface area contributed by atoms with Crippen LogP contribution >= 0.6 is 0 Å². The minimum absolute atomic E-state index is 0.0816. The Bertz CT molecular complexity index is 1550. The minimum Gasteiger partial charge on any atom is -0.383 e. The molecule has 1 unspecified atom stereocenters. The number of nitrogens with zero attached hydrogens (tertiary/aromatic N) is 3. The third-order valence-corrected chi connectivity index (χ3v) is 10.3. The van der Waals surface area contributed by atoms with Crippen LogP contribution in [0.15, 0.2) is 61.0 Å². The van der Waals surface area contributed by atoms with Gasteiger partial charge in [0.05, 0.1) is 11.1 Å². The van der Waals surface area contributed by atoms with Crippen LogP contribution in [0.4, 0.5) is 11.5 Å². The van der Waals surface area contributed by atoms with Crippen molar-refractivity contribution in [2.45, 2.75) is 39.4 Å². The Kier molecular flexibility index (Phi) is 6.91. The fraction of sp³-hybridized carbons (Fsp3) is 0.286. The van der Waals surface area contributed by atoms with Gasteiger partial charge in [0.1, 0.15) is 17.8 Å². The van der Waals surface area contributed by atoms with Gasteiger partial charge in [-0.05, 0) is 46.1 Å². The van der Waals surface area contributed by atoms with E-state index >= 15 is 0 Å². The number of carbonyl (C=O) groups is 1. The fourth-order valence-corrected chi connectivity index (χ4v) is 6.94. The molecule has 1 aliphatic rings. The van der Waals surface area contributed by atoms with Gasteiger partial charge in [-0.25, -0.2) is 9.97 Å². The van der Waals surface area contributed by atoms with Crippen molar-refractivity contribution < 1.29 is 9.00 Å². The quantitative estimate of drug-likeness (QED) is 0.366. The van der Waals surface area contributed by atoms with Crippen LogP contribution in [0.3, 0.4) is 0 Å². The summed E-state index contributed by atoms with van der Waals surface area (Å²) in [6, 6.07) is 7.65. The molecule has 0 aliphatic heterocycles. The molecule has 0 fully saturated rings. The van der Waals surface area contributed by atoms with Gasteiger partial charge in [0.15, 0.2) is 0 Å². The molecule has 1 atom stereocenters. The van der Waals surface area contributed by atoms with Crippen LogP contribution in [0.1, 0.15) is 39.7 Å². The topological polar surface area (TPSA) is 103 Å². The Morgan fingerprint density at radius 1 is 1.22 bits per heavy atom. The largest absolute Gasteiger partial charge is 0.383 e. The molecule has 36 heavy (non-hydrogen) atoms. The lowest BCUT2D eigenvalue weighted by molar-refractivity contribution is -0.112. The maximum Gasteiger partial charge on any atom is 0.250 e. The molecule has 2 aromatic heterocycles. The van der Waals surface area contributed by atoms with Gasteiger partial charge in [0.25, 0.3) is 5.91 Å². The lowest BCUT2D eigenvalue weighted by Gasteiger charge is -2.20. The average Bonchev–Trinajstić information content (AvgIpc) is 3.17. The Hall–Kier alpha value is -3.65. The highest BCUT2D eigenvalue weighted by molar-refractivity contribution is 8.03. The second-order valence-corrected chi connectivity index (χ2v) is 12.8. The molecule has 0 saturated carbocycles. The van der Waals surface area contributed by atoms with E-state index in [0.29, 0.717) is 29.3 Å². The first kappa shape index (κ1) is 25.4. The Labute approximate surface area is 212 Å². The predicted octanol–water partition coefficient (Wildman–Crippen LogP) is 4.96. The summed E-state index contributed by atoms with van der Waals surface area (Å²) >= 11 is 0. The second-order valence-electron chi connectivity index (χ2n) is 9.28. The Morgan fingerprint density at radius 3 is 2.47 bits per heavy atom. The third-order valence-electron chi connectivity index (χ3n) is 6.70. The van der Waals surface area contributed by atoms with E-state index in [1.54, 1.807) is 6.92 Å². The SMILES string of the molecule is C=C(C)C(=O)Nc1ccc(-c2c(C3=CCC(=S(=O)(CC)C(C)C)C=C3)c3c(N)ncnc3n2C)cc1. The van der Waals surface area contributed by atoms with Crippen molar-refractivity contribution in [1.29, 1.82) is 0 Å². The summed E-state index contributed by atoms with van der Waals surface area (Å²) in [6.07, 6.45) is 8.26. The van der Waals surface area contributed by atoms with Crippen molar-refractivity contribution in [1.82, 2.24) is 14.5 Å². The number of nitrogens with two attached hydrogens (primary N) is 1. The van der Waals surface area contributed by atoms with Gasteiger partial charge in [-0.1, -0.05) is 57.7 Å². The van der Waals surface area contributed by atoms with E-state index in [-0.39, 0.29) is 11.2 Å². The van der Waals surface area contributed by atoms with Gasteiger partial charge in [0.2, 0.25) is 0 Å². The number of benzene rings is 1. The van der Waals surface area contributed by atoms with Crippen LogP contribution in [0.2, 0.25) is 0 Å². The van der Waals surface area contributed by atoms with Crippen LogP contribution in [0.25, 0.3) is 27.9 Å². The van der Waals surface area contributed by atoms with E-state index in [1.165, 1.54) is 6.33 Å². The summed E-state index contributed by atoms with van der Waals surface area (Å²) in [7, 11) is -0.134. The molecule has 0 bridgehead atoms. The van der Waals surface area contributed by atoms with Crippen LogP contribution in [-0.4, -0.2) is 40.5 Å². The number of hydrogen-bond acceptors (Lipinski definition) is 5. The molecular weight excluding hydrogens is 470 g/mol. The number of carbonyl (C=O) groups excluding carboxylic acids is 1. The number of aromatic nitrogens is 3. The zero-order valence-corrected chi connectivity index (χ0v) is 22.3. The van der Waals surface area contributed by atoms with Crippen molar-refractivity contribution in [2.75, 3.05) is 16.8 Å². The normalized spacial score (nSPS) is 15.2. The number of anilines is 2. The molecule has 3 aromatic rings. The smallest absolute Gasteiger partial charge is 0.250 e. The fourth-order valence-electron chi connectivity index (χ4n) is 4.64. The number of rotatable bonds is 6. The monoisotopic (exact) mass is 503 g/mol. The van der Waals surface area contributed by atoms with Crippen LogP contribution in [0, 0.1) is 0 Å². The average molecular weight is 504 g/mol. The van der Waals surface area contributed by atoms with Gasteiger partial charge in [-0.3, -0.25) is 9.00 Å². The standard InChI is InChI=1S/C28H33N5O2S/c1-7-36(35,18(4)5)22-14-10-19(11-15-22)23-24-26(29)30-16-31-27(24)33(6)25(23)20-8-12-21(13-9-20)32-28(34)17(2)3/h8-14,16,18H,2,7,15H2,1,3-6H3,(H,32,34)(H2,29,30,31). The van der Waals surface area contributed by atoms with E-state index in [4.69, 9.17) is 5.73 Å². The van der Waals surface area contributed by atoms with Crippen LogP contribution in [-0.2, 0) is 21.4 Å². The number of fused-ring (bicyclic) bond motifs is 1. The van der Waals surface area contributed by atoms with Gasteiger partial charge in [-0.15, -0.1) is 0 Å². The Morgan fingerprint density at radius 2 is 1.92 bits per heavy atom. The minimum atomic E-state index is -2.09. The molecule has 7 nitrogen and oxygen atoms in total. The maximum atomic E-state index is 13.6. The molecule has 0 spiro atoms. The van der Waals surface area contributed by atoms with Crippen molar-refractivity contribution in [3.63, 3.8) is 0 Å². The Balaban J connectivity index is 1.86. The number of nitrogens with one attached hydrogen (secondary N) is 1. The molecule has 1 amide bonds. The molecule has 188 valence electrons. The van der Waals surface area contributed by atoms with E-state index in [0.717, 1.165) is 38.3 Å². The predicted molar refractivity (Wildman–Crippen MR) is 152 cm³/mol. The van der Waals surface area contributed by atoms with Crippen molar-refractivity contribution in [2.24, 2.45) is 7.05 Å².